The second kappa shape index (κ2) is 8.25. The smallest absolute Gasteiger partial charge is 0.123 e. The first-order valence-corrected chi connectivity index (χ1v) is 7.58. The van der Waals surface area contributed by atoms with Gasteiger partial charge >= 0.3 is 0 Å². The van der Waals surface area contributed by atoms with E-state index in [-0.39, 0.29) is 0 Å². The van der Waals surface area contributed by atoms with E-state index in [9.17, 15) is 0 Å². The maximum absolute atomic E-state index is 5.83. The van der Waals surface area contributed by atoms with Crippen molar-refractivity contribution < 1.29 is 9.47 Å². The third kappa shape index (κ3) is 4.47. The molecule has 1 aliphatic heterocycles. The zero-order valence-electron chi connectivity index (χ0n) is 12.4. The van der Waals surface area contributed by atoms with Crippen LogP contribution in [0.3, 0.4) is 0 Å². The minimum absolute atomic E-state index is 0.405. The van der Waals surface area contributed by atoms with E-state index >= 15 is 0 Å². The van der Waals surface area contributed by atoms with Crippen LogP contribution in [0.15, 0.2) is 24.3 Å². The molecule has 1 heterocycles. The average Bonchev–Trinajstić information content (AvgIpc) is 2.52. The quantitative estimate of drug-likeness (QED) is 0.775. The highest BCUT2D eigenvalue weighted by Crippen LogP contribution is 2.17. The van der Waals surface area contributed by atoms with E-state index in [1.165, 1.54) is 0 Å². The van der Waals surface area contributed by atoms with Gasteiger partial charge in [-0.2, -0.15) is 0 Å². The van der Waals surface area contributed by atoms with Crippen LogP contribution < -0.4 is 10.5 Å². The Hall–Kier alpha value is -1.10. The summed E-state index contributed by atoms with van der Waals surface area (Å²) < 4.78 is 11.5. The summed E-state index contributed by atoms with van der Waals surface area (Å²) >= 11 is 0. The summed E-state index contributed by atoms with van der Waals surface area (Å²) in [6.07, 6.45) is 2.54. The van der Waals surface area contributed by atoms with Gasteiger partial charge in [-0.15, -0.1) is 0 Å². The van der Waals surface area contributed by atoms with Gasteiger partial charge in [0.15, 0.2) is 0 Å². The van der Waals surface area contributed by atoms with E-state index in [1.807, 2.05) is 24.3 Å². The molecule has 0 spiro atoms. The van der Waals surface area contributed by atoms with Crippen molar-refractivity contribution in [3.63, 3.8) is 0 Å². The Bertz CT molecular complexity index is 398. The maximum Gasteiger partial charge on any atom is 0.123 e. The SMILES string of the molecule is CCC1CN(CCCOc2ccccc2CN)CCO1. The Morgan fingerprint density at radius 2 is 2.25 bits per heavy atom. The zero-order chi connectivity index (χ0) is 14.2. The standard InChI is InChI=1S/C16H26N2O2/c1-2-15-13-18(9-11-19-15)8-5-10-20-16-7-4-3-6-14(16)12-17/h3-4,6-7,15H,2,5,8-13,17H2,1H3. The van der Waals surface area contributed by atoms with Gasteiger partial charge in [-0.25, -0.2) is 0 Å². The summed E-state index contributed by atoms with van der Waals surface area (Å²) in [7, 11) is 0. The fraction of sp³-hybridized carbons (Fsp3) is 0.625. The lowest BCUT2D eigenvalue weighted by Crippen LogP contribution is -2.42. The molecule has 2 rings (SSSR count). The minimum atomic E-state index is 0.405. The fourth-order valence-corrected chi connectivity index (χ4v) is 2.51. The fourth-order valence-electron chi connectivity index (χ4n) is 2.51. The number of para-hydroxylation sites is 1. The van der Waals surface area contributed by atoms with Crippen molar-refractivity contribution in [2.24, 2.45) is 5.73 Å². The van der Waals surface area contributed by atoms with Crippen LogP contribution in [0.4, 0.5) is 0 Å². The second-order valence-corrected chi connectivity index (χ2v) is 5.22. The molecule has 1 unspecified atom stereocenters. The maximum atomic E-state index is 5.83. The Morgan fingerprint density at radius 3 is 3.05 bits per heavy atom. The Labute approximate surface area is 121 Å². The molecule has 1 saturated heterocycles. The Balaban J connectivity index is 1.68. The number of morpholine rings is 1. The Kier molecular flexibility index (Phi) is 6.30. The highest BCUT2D eigenvalue weighted by Gasteiger charge is 2.18. The van der Waals surface area contributed by atoms with E-state index < -0.39 is 0 Å². The predicted molar refractivity (Wildman–Crippen MR) is 80.9 cm³/mol. The lowest BCUT2D eigenvalue weighted by atomic mass is 10.2. The van der Waals surface area contributed by atoms with E-state index in [0.29, 0.717) is 12.6 Å². The molecular formula is C16H26N2O2. The van der Waals surface area contributed by atoms with Crippen molar-refractivity contribution >= 4 is 0 Å². The van der Waals surface area contributed by atoms with Gasteiger partial charge in [0, 0.05) is 31.7 Å². The molecule has 20 heavy (non-hydrogen) atoms. The summed E-state index contributed by atoms with van der Waals surface area (Å²) in [4.78, 5) is 2.47. The first kappa shape index (κ1) is 15.3. The average molecular weight is 278 g/mol. The van der Waals surface area contributed by atoms with Crippen molar-refractivity contribution in [1.82, 2.24) is 4.90 Å². The van der Waals surface area contributed by atoms with Crippen LogP contribution in [0.1, 0.15) is 25.3 Å². The van der Waals surface area contributed by atoms with Crippen LogP contribution in [0, 0.1) is 0 Å². The van der Waals surface area contributed by atoms with Crippen LogP contribution >= 0.6 is 0 Å². The normalized spacial score (nSPS) is 20.0. The van der Waals surface area contributed by atoms with Crippen LogP contribution in [-0.2, 0) is 11.3 Å². The second-order valence-electron chi connectivity index (χ2n) is 5.22. The van der Waals surface area contributed by atoms with Crippen LogP contribution in [-0.4, -0.2) is 43.9 Å². The lowest BCUT2D eigenvalue weighted by Gasteiger charge is -2.32. The van der Waals surface area contributed by atoms with Gasteiger partial charge in [-0.1, -0.05) is 25.1 Å². The van der Waals surface area contributed by atoms with Crippen LogP contribution in [0.2, 0.25) is 0 Å². The first-order valence-electron chi connectivity index (χ1n) is 7.58. The van der Waals surface area contributed by atoms with Gasteiger partial charge in [0.25, 0.3) is 0 Å². The van der Waals surface area contributed by atoms with Crippen molar-refractivity contribution in [3.8, 4) is 5.75 Å². The molecule has 4 nitrogen and oxygen atoms in total. The van der Waals surface area contributed by atoms with Crippen molar-refractivity contribution in [3.05, 3.63) is 29.8 Å². The number of hydrogen-bond donors (Lipinski definition) is 1. The van der Waals surface area contributed by atoms with Crippen LogP contribution in [0.5, 0.6) is 5.75 Å². The summed E-state index contributed by atoms with van der Waals surface area (Å²) in [5.74, 6) is 0.920. The third-order valence-corrected chi connectivity index (χ3v) is 3.75. The van der Waals surface area contributed by atoms with Crippen molar-refractivity contribution in [1.29, 1.82) is 0 Å². The minimum Gasteiger partial charge on any atom is -0.493 e. The highest BCUT2D eigenvalue weighted by molar-refractivity contribution is 5.32. The molecule has 4 heteroatoms. The summed E-state index contributed by atoms with van der Waals surface area (Å²) in [5, 5.41) is 0. The van der Waals surface area contributed by atoms with Gasteiger partial charge in [-0.3, -0.25) is 4.90 Å². The van der Waals surface area contributed by atoms with E-state index in [1.54, 1.807) is 0 Å². The zero-order valence-corrected chi connectivity index (χ0v) is 12.4. The molecule has 0 radical (unpaired) electrons. The van der Waals surface area contributed by atoms with Gasteiger partial charge in [0.1, 0.15) is 5.75 Å². The van der Waals surface area contributed by atoms with Gasteiger partial charge in [0.2, 0.25) is 0 Å². The molecule has 0 bridgehead atoms. The number of benzene rings is 1. The van der Waals surface area contributed by atoms with Gasteiger partial charge in [-0.05, 0) is 18.9 Å². The number of ether oxygens (including phenoxy) is 2. The third-order valence-electron chi connectivity index (χ3n) is 3.75. The molecule has 0 amide bonds. The topological polar surface area (TPSA) is 47.7 Å². The first-order chi connectivity index (χ1) is 9.83. The molecule has 0 aromatic heterocycles. The summed E-state index contributed by atoms with van der Waals surface area (Å²) in [6, 6.07) is 7.99. The van der Waals surface area contributed by atoms with E-state index in [4.69, 9.17) is 15.2 Å². The molecule has 1 aliphatic rings. The molecule has 0 saturated carbocycles. The monoisotopic (exact) mass is 278 g/mol. The number of nitrogens with zero attached hydrogens (tertiary/aromatic N) is 1. The molecule has 1 aromatic rings. The summed E-state index contributed by atoms with van der Waals surface area (Å²) in [6.45, 7) is 7.47. The predicted octanol–water partition coefficient (Wildman–Crippen LogP) is 2.02. The molecule has 1 fully saturated rings. The molecule has 1 atom stereocenters. The Morgan fingerprint density at radius 1 is 1.40 bits per heavy atom. The molecule has 112 valence electrons. The molecule has 0 aliphatic carbocycles. The molecule has 1 aromatic carbocycles. The van der Waals surface area contributed by atoms with Gasteiger partial charge in [0.05, 0.1) is 19.3 Å². The van der Waals surface area contributed by atoms with Gasteiger partial charge < -0.3 is 15.2 Å². The number of rotatable bonds is 7. The summed E-state index contributed by atoms with van der Waals surface area (Å²) in [5.41, 5.74) is 6.77. The highest BCUT2D eigenvalue weighted by atomic mass is 16.5. The molecule has 2 N–H and O–H groups in total. The van der Waals surface area contributed by atoms with E-state index in [2.05, 4.69) is 11.8 Å². The van der Waals surface area contributed by atoms with Crippen molar-refractivity contribution in [2.45, 2.75) is 32.4 Å². The van der Waals surface area contributed by atoms with E-state index in [0.717, 1.165) is 57.0 Å². The number of hydrogen-bond acceptors (Lipinski definition) is 4. The van der Waals surface area contributed by atoms with Crippen LogP contribution in [0.25, 0.3) is 0 Å². The lowest BCUT2D eigenvalue weighted by molar-refractivity contribution is -0.0306. The largest absolute Gasteiger partial charge is 0.493 e. The number of nitrogens with two attached hydrogens (primary N) is 1. The van der Waals surface area contributed by atoms with Crippen molar-refractivity contribution in [2.75, 3.05) is 32.8 Å². The molecular weight excluding hydrogens is 252 g/mol.